The average Bonchev–Trinajstić information content (AvgIpc) is 3.10. The highest BCUT2D eigenvalue weighted by atomic mass is 16.1. The maximum Gasteiger partial charge on any atom is 0.226 e. The van der Waals surface area contributed by atoms with Gasteiger partial charge in [0, 0.05) is 36.3 Å². The zero-order valence-electron chi connectivity index (χ0n) is 15.8. The molecule has 1 N–H and O–H groups in total. The molecule has 1 aliphatic heterocycles. The largest absolute Gasteiger partial charge is 0.372 e. The number of piperidine rings is 1. The molecular weight excluding hydrogens is 336 g/mol. The van der Waals surface area contributed by atoms with Crippen LogP contribution in [-0.2, 0) is 11.3 Å². The summed E-state index contributed by atoms with van der Waals surface area (Å²) < 4.78 is 1.90. The van der Waals surface area contributed by atoms with Crippen molar-refractivity contribution in [1.29, 1.82) is 0 Å². The minimum Gasteiger partial charge on any atom is -0.372 e. The second-order valence-corrected chi connectivity index (χ2v) is 7.32. The summed E-state index contributed by atoms with van der Waals surface area (Å²) in [6.45, 7) is 4.90. The summed E-state index contributed by atoms with van der Waals surface area (Å²) >= 11 is 0. The van der Waals surface area contributed by atoms with Gasteiger partial charge >= 0.3 is 0 Å². The first-order valence-electron chi connectivity index (χ1n) is 9.76. The molecule has 4 rings (SSSR count). The molecule has 2 heterocycles. The number of amides is 1. The van der Waals surface area contributed by atoms with Gasteiger partial charge in [0.2, 0.25) is 5.91 Å². The summed E-state index contributed by atoms with van der Waals surface area (Å²) in [6, 6.07) is 14.4. The molecule has 0 radical (unpaired) electrons. The van der Waals surface area contributed by atoms with E-state index >= 15 is 0 Å². The Labute approximate surface area is 160 Å². The number of hydrogen-bond donors (Lipinski definition) is 1. The molecule has 1 saturated heterocycles. The first-order valence-corrected chi connectivity index (χ1v) is 9.76. The number of hydrogen-bond acceptors (Lipinski definition) is 3. The highest BCUT2D eigenvalue weighted by Gasteiger charge is 2.11. The van der Waals surface area contributed by atoms with Gasteiger partial charge in [-0.15, -0.1) is 0 Å². The minimum atomic E-state index is 0.0111. The Morgan fingerprint density at radius 3 is 2.63 bits per heavy atom. The molecule has 1 aromatic heterocycles. The van der Waals surface area contributed by atoms with Crippen LogP contribution < -0.4 is 10.2 Å². The maximum absolute atomic E-state index is 12.3. The second-order valence-electron chi connectivity index (χ2n) is 7.32. The highest BCUT2D eigenvalue weighted by molar-refractivity contribution is 5.91. The molecule has 2 aromatic carbocycles. The number of carbonyl (C=O) groups is 1. The van der Waals surface area contributed by atoms with Crippen LogP contribution in [0.25, 0.3) is 10.9 Å². The summed E-state index contributed by atoms with van der Waals surface area (Å²) in [5.41, 5.74) is 4.36. The lowest BCUT2D eigenvalue weighted by molar-refractivity contribution is -0.116. The topological polar surface area (TPSA) is 50.2 Å². The summed E-state index contributed by atoms with van der Waals surface area (Å²) in [4.78, 5) is 14.8. The van der Waals surface area contributed by atoms with E-state index in [1.807, 2.05) is 23.0 Å². The number of fused-ring (bicyclic) bond motifs is 1. The number of rotatable bonds is 5. The van der Waals surface area contributed by atoms with E-state index in [0.29, 0.717) is 13.0 Å². The van der Waals surface area contributed by atoms with E-state index < -0.39 is 0 Å². The third kappa shape index (κ3) is 4.13. The normalized spacial score (nSPS) is 14.5. The van der Waals surface area contributed by atoms with Crippen molar-refractivity contribution in [2.75, 3.05) is 23.3 Å². The quantitative estimate of drug-likeness (QED) is 0.733. The van der Waals surface area contributed by atoms with Gasteiger partial charge in [-0.1, -0.05) is 12.1 Å². The number of nitrogens with one attached hydrogen (secondary N) is 1. The van der Waals surface area contributed by atoms with Gasteiger partial charge in [-0.2, -0.15) is 5.10 Å². The number of nitrogens with zero attached hydrogens (tertiary/aromatic N) is 3. The molecule has 3 aromatic rings. The standard InChI is InChI=1S/C22H26N4O/c1-17-5-6-18-16-23-26(21(18)15-17)14-11-22(27)24-19-7-9-20(10-8-19)25-12-3-2-4-13-25/h5-10,15-16H,2-4,11-14H2,1H3,(H,24,27). The van der Waals surface area contributed by atoms with Crippen molar-refractivity contribution in [3.05, 3.63) is 54.2 Å². The Morgan fingerprint density at radius 1 is 1.07 bits per heavy atom. The van der Waals surface area contributed by atoms with Gasteiger partial charge < -0.3 is 10.2 Å². The minimum absolute atomic E-state index is 0.0111. The van der Waals surface area contributed by atoms with E-state index in [1.165, 1.54) is 30.5 Å². The first kappa shape index (κ1) is 17.6. The zero-order valence-corrected chi connectivity index (χ0v) is 15.8. The Hall–Kier alpha value is -2.82. The maximum atomic E-state index is 12.3. The van der Waals surface area contributed by atoms with Crippen molar-refractivity contribution in [1.82, 2.24) is 9.78 Å². The van der Waals surface area contributed by atoms with E-state index in [9.17, 15) is 4.79 Å². The summed E-state index contributed by atoms with van der Waals surface area (Å²) in [7, 11) is 0. The molecule has 0 aliphatic carbocycles. The third-order valence-electron chi connectivity index (χ3n) is 5.22. The van der Waals surface area contributed by atoms with Crippen LogP contribution in [0.15, 0.2) is 48.7 Å². The van der Waals surface area contributed by atoms with Crippen LogP contribution in [0.1, 0.15) is 31.2 Å². The van der Waals surface area contributed by atoms with E-state index in [4.69, 9.17) is 0 Å². The molecule has 5 nitrogen and oxygen atoms in total. The Bertz CT molecular complexity index is 923. The number of carbonyl (C=O) groups excluding carboxylic acids is 1. The van der Waals surface area contributed by atoms with Crippen molar-refractivity contribution in [2.24, 2.45) is 0 Å². The Kier molecular flexibility index (Phi) is 5.10. The molecular formula is C22H26N4O. The molecule has 1 fully saturated rings. The number of aromatic nitrogens is 2. The third-order valence-corrected chi connectivity index (χ3v) is 5.22. The molecule has 0 saturated carbocycles. The number of aryl methyl sites for hydroxylation is 2. The number of benzene rings is 2. The van der Waals surface area contributed by atoms with Crippen LogP contribution in [0, 0.1) is 6.92 Å². The van der Waals surface area contributed by atoms with Gasteiger partial charge in [0.05, 0.1) is 18.3 Å². The Morgan fingerprint density at radius 2 is 1.85 bits per heavy atom. The van der Waals surface area contributed by atoms with Gasteiger partial charge in [-0.3, -0.25) is 9.48 Å². The molecule has 0 spiro atoms. The lowest BCUT2D eigenvalue weighted by Crippen LogP contribution is -2.29. The summed E-state index contributed by atoms with van der Waals surface area (Å²) in [5, 5.41) is 8.51. The molecule has 0 bridgehead atoms. The highest BCUT2D eigenvalue weighted by Crippen LogP contribution is 2.22. The monoisotopic (exact) mass is 362 g/mol. The SMILES string of the molecule is Cc1ccc2cnn(CCC(=O)Nc3ccc(N4CCCCC4)cc3)c2c1. The molecule has 27 heavy (non-hydrogen) atoms. The van der Waals surface area contributed by atoms with Gasteiger partial charge in [0.15, 0.2) is 0 Å². The summed E-state index contributed by atoms with van der Waals surface area (Å²) in [5.74, 6) is 0.0111. The van der Waals surface area contributed by atoms with Crippen molar-refractivity contribution in [3.8, 4) is 0 Å². The molecule has 1 amide bonds. The molecule has 140 valence electrons. The lowest BCUT2D eigenvalue weighted by atomic mass is 10.1. The fourth-order valence-corrected chi connectivity index (χ4v) is 3.70. The van der Waals surface area contributed by atoms with Crippen LogP contribution in [0.3, 0.4) is 0 Å². The first-order chi connectivity index (χ1) is 13.2. The van der Waals surface area contributed by atoms with Crippen LogP contribution in [0.4, 0.5) is 11.4 Å². The predicted molar refractivity (Wildman–Crippen MR) is 110 cm³/mol. The molecule has 1 aliphatic rings. The van der Waals surface area contributed by atoms with Crippen molar-refractivity contribution >= 4 is 28.2 Å². The van der Waals surface area contributed by atoms with Crippen molar-refractivity contribution < 1.29 is 4.79 Å². The average molecular weight is 362 g/mol. The van der Waals surface area contributed by atoms with E-state index in [-0.39, 0.29) is 5.91 Å². The Balaban J connectivity index is 1.34. The van der Waals surface area contributed by atoms with Crippen LogP contribution in [0.5, 0.6) is 0 Å². The fraction of sp³-hybridized carbons (Fsp3) is 0.364. The lowest BCUT2D eigenvalue weighted by Gasteiger charge is -2.28. The van der Waals surface area contributed by atoms with E-state index in [0.717, 1.165) is 29.7 Å². The van der Waals surface area contributed by atoms with Crippen LogP contribution >= 0.6 is 0 Å². The molecule has 5 heteroatoms. The second kappa shape index (κ2) is 7.82. The van der Waals surface area contributed by atoms with Gasteiger partial charge in [-0.25, -0.2) is 0 Å². The molecule has 0 atom stereocenters. The zero-order chi connectivity index (χ0) is 18.6. The van der Waals surface area contributed by atoms with Crippen molar-refractivity contribution in [2.45, 2.75) is 39.2 Å². The van der Waals surface area contributed by atoms with E-state index in [2.05, 4.69) is 52.6 Å². The smallest absolute Gasteiger partial charge is 0.226 e. The van der Waals surface area contributed by atoms with Gasteiger partial charge in [-0.05, 0) is 62.1 Å². The van der Waals surface area contributed by atoms with E-state index in [1.54, 1.807) is 0 Å². The van der Waals surface area contributed by atoms with Crippen LogP contribution in [-0.4, -0.2) is 28.8 Å². The summed E-state index contributed by atoms with van der Waals surface area (Å²) in [6.07, 6.45) is 6.11. The fourth-order valence-electron chi connectivity index (χ4n) is 3.70. The van der Waals surface area contributed by atoms with Crippen LogP contribution in [0.2, 0.25) is 0 Å². The van der Waals surface area contributed by atoms with Crippen molar-refractivity contribution in [3.63, 3.8) is 0 Å². The predicted octanol–water partition coefficient (Wildman–Crippen LogP) is 4.36. The number of anilines is 2. The van der Waals surface area contributed by atoms with Gasteiger partial charge in [0.25, 0.3) is 0 Å². The van der Waals surface area contributed by atoms with Gasteiger partial charge in [0.1, 0.15) is 0 Å². The molecule has 0 unspecified atom stereocenters.